The lowest BCUT2D eigenvalue weighted by Crippen LogP contribution is -2.21. The van der Waals surface area contributed by atoms with E-state index in [1.54, 1.807) is 0 Å². The molecule has 2 rings (SSSR count). The first kappa shape index (κ1) is 9.34. The van der Waals surface area contributed by atoms with Gasteiger partial charge in [0.2, 0.25) is 0 Å². The highest BCUT2D eigenvalue weighted by atomic mass is 16.3. The van der Waals surface area contributed by atoms with Gasteiger partial charge >= 0.3 is 0 Å². The number of aliphatic hydroxyl groups excluding tert-OH is 1. The van der Waals surface area contributed by atoms with Crippen molar-refractivity contribution in [2.24, 2.45) is 5.92 Å². The van der Waals surface area contributed by atoms with Gasteiger partial charge in [-0.15, -0.1) is 0 Å². The van der Waals surface area contributed by atoms with Crippen molar-refractivity contribution in [3.8, 4) is 0 Å². The summed E-state index contributed by atoms with van der Waals surface area (Å²) >= 11 is 0. The Morgan fingerprint density at radius 1 is 1.43 bits per heavy atom. The van der Waals surface area contributed by atoms with Gasteiger partial charge in [-0.25, -0.2) is 0 Å². The van der Waals surface area contributed by atoms with Crippen molar-refractivity contribution in [2.45, 2.75) is 6.42 Å². The number of benzene rings is 1. The normalized spacial score (nSPS) is 21.5. The second kappa shape index (κ2) is 3.88. The standard InChI is InChI=1S/C11H16N2O/c12-10-3-1-2-4-11(10)13-6-5-9(7-13)8-14/h1-4,9,14H,5-8,12H2. The van der Waals surface area contributed by atoms with Gasteiger partial charge in [0.1, 0.15) is 0 Å². The summed E-state index contributed by atoms with van der Waals surface area (Å²) in [5.74, 6) is 0.412. The van der Waals surface area contributed by atoms with Crippen LogP contribution in [0.3, 0.4) is 0 Å². The average Bonchev–Trinajstić information content (AvgIpc) is 2.67. The zero-order valence-corrected chi connectivity index (χ0v) is 8.19. The fourth-order valence-corrected chi connectivity index (χ4v) is 1.98. The molecule has 0 bridgehead atoms. The minimum absolute atomic E-state index is 0.281. The summed E-state index contributed by atoms with van der Waals surface area (Å²) in [7, 11) is 0. The predicted molar refractivity (Wildman–Crippen MR) is 58.3 cm³/mol. The number of nitrogen functional groups attached to an aromatic ring is 1. The highest BCUT2D eigenvalue weighted by molar-refractivity contribution is 5.67. The lowest BCUT2D eigenvalue weighted by atomic mass is 10.1. The van der Waals surface area contributed by atoms with Crippen molar-refractivity contribution in [1.82, 2.24) is 0 Å². The second-order valence-electron chi connectivity index (χ2n) is 3.84. The third-order valence-corrected chi connectivity index (χ3v) is 2.82. The van der Waals surface area contributed by atoms with E-state index in [0.29, 0.717) is 5.92 Å². The molecule has 1 saturated heterocycles. The summed E-state index contributed by atoms with van der Waals surface area (Å²) in [6.07, 6.45) is 1.06. The molecule has 0 saturated carbocycles. The molecule has 0 aromatic heterocycles. The van der Waals surface area contributed by atoms with E-state index >= 15 is 0 Å². The molecule has 1 heterocycles. The van der Waals surface area contributed by atoms with Gasteiger partial charge in [0.05, 0.1) is 11.4 Å². The van der Waals surface area contributed by atoms with Crippen molar-refractivity contribution in [1.29, 1.82) is 0 Å². The van der Waals surface area contributed by atoms with E-state index in [1.165, 1.54) is 0 Å². The van der Waals surface area contributed by atoms with Crippen LogP contribution in [0.25, 0.3) is 0 Å². The van der Waals surface area contributed by atoms with Crippen molar-refractivity contribution >= 4 is 11.4 Å². The van der Waals surface area contributed by atoms with E-state index in [0.717, 1.165) is 30.9 Å². The Bertz CT molecular complexity index is 314. The Morgan fingerprint density at radius 2 is 2.21 bits per heavy atom. The summed E-state index contributed by atoms with van der Waals surface area (Å²) in [6.45, 7) is 2.20. The zero-order chi connectivity index (χ0) is 9.97. The minimum atomic E-state index is 0.281. The van der Waals surface area contributed by atoms with Crippen LogP contribution in [0.1, 0.15) is 6.42 Å². The number of nitrogens with zero attached hydrogens (tertiary/aromatic N) is 1. The Morgan fingerprint density at radius 3 is 2.86 bits per heavy atom. The molecule has 0 aliphatic carbocycles. The molecule has 1 atom stereocenters. The van der Waals surface area contributed by atoms with Crippen LogP contribution < -0.4 is 10.6 Å². The van der Waals surface area contributed by atoms with Crippen LogP contribution in [-0.4, -0.2) is 24.8 Å². The highest BCUT2D eigenvalue weighted by Gasteiger charge is 2.22. The first-order chi connectivity index (χ1) is 6.81. The summed E-state index contributed by atoms with van der Waals surface area (Å²) in [5, 5.41) is 9.04. The van der Waals surface area contributed by atoms with Gasteiger partial charge in [0.25, 0.3) is 0 Å². The third kappa shape index (κ3) is 1.68. The largest absolute Gasteiger partial charge is 0.397 e. The molecule has 3 nitrogen and oxygen atoms in total. The summed E-state index contributed by atoms with van der Waals surface area (Å²) in [6, 6.07) is 7.90. The molecule has 1 aliphatic heterocycles. The molecule has 14 heavy (non-hydrogen) atoms. The van der Waals surface area contributed by atoms with E-state index in [1.807, 2.05) is 24.3 Å². The van der Waals surface area contributed by atoms with Gasteiger partial charge in [-0.3, -0.25) is 0 Å². The van der Waals surface area contributed by atoms with Gasteiger partial charge < -0.3 is 15.7 Å². The van der Waals surface area contributed by atoms with E-state index in [9.17, 15) is 0 Å². The van der Waals surface area contributed by atoms with Crippen molar-refractivity contribution in [3.63, 3.8) is 0 Å². The van der Waals surface area contributed by atoms with Crippen molar-refractivity contribution in [2.75, 3.05) is 30.3 Å². The van der Waals surface area contributed by atoms with Crippen LogP contribution in [0.2, 0.25) is 0 Å². The maximum atomic E-state index is 9.04. The maximum Gasteiger partial charge on any atom is 0.0600 e. The molecule has 76 valence electrons. The van der Waals surface area contributed by atoms with Crippen LogP contribution >= 0.6 is 0 Å². The lowest BCUT2D eigenvalue weighted by molar-refractivity contribution is 0.238. The number of rotatable bonds is 2. The average molecular weight is 192 g/mol. The van der Waals surface area contributed by atoms with Crippen LogP contribution in [0.4, 0.5) is 11.4 Å². The van der Waals surface area contributed by atoms with E-state index in [-0.39, 0.29) is 6.61 Å². The molecule has 0 amide bonds. The number of hydrogen-bond acceptors (Lipinski definition) is 3. The van der Waals surface area contributed by atoms with Crippen LogP contribution in [0.5, 0.6) is 0 Å². The minimum Gasteiger partial charge on any atom is -0.397 e. The summed E-state index contributed by atoms with van der Waals surface area (Å²) < 4.78 is 0. The molecule has 0 radical (unpaired) electrons. The first-order valence-corrected chi connectivity index (χ1v) is 5.01. The number of hydrogen-bond donors (Lipinski definition) is 2. The summed E-state index contributed by atoms with van der Waals surface area (Å²) in [5.41, 5.74) is 7.81. The Kier molecular flexibility index (Phi) is 2.59. The third-order valence-electron chi connectivity index (χ3n) is 2.82. The predicted octanol–water partition coefficient (Wildman–Crippen LogP) is 1.09. The SMILES string of the molecule is Nc1ccccc1N1CCC(CO)C1. The lowest BCUT2D eigenvalue weighted by Gasteiger charge is -2.20. The van der Waals surface area contributed by atoms with Crippen LogP contribution in [0, 0.1) is 5.92 Å². The van der Waals surface area contributed by atoms with E-state index in [4.69, 9.17) is 10.8 Å². The number of para-hydroxylation sites is 2. The molecule has 1 aromatic carbocycles. The van der Waals surface area contributed by atoms with Crippen molar-refractivity contribution < 1.29 is 5.11 Å². The van der Waals surface area contributed by atoms with Gasteiger partial charge in [-0.2, -0.15) is 0 Å². The highest BCUT2D eigenvalue weighted by Crippen LogP contribution is 2.27. The Balaban J connectivity index is 2.13. The number of nitrogens with two attached hydrogens (primary N) is 1. The fraction of sp³-hybridized carbons (Fsp3) is 0.455. The topological polar surface area (TPSA) is 49.5 Å². The van der Waals surface area contributed by atoms with Crippen molar-refractivity contribution in [3.05, 3.63) is 24.3 Å². The number of anilines is 2. The monoisotopic (exact) mass is 192 g/mol. The molecule has 1 aliphatic rings. The van der Waals surface area contributed by atoms with Gasteiger partial charge in [0, 0.05) is 25.6 Å². The summed E-state index contributed by atoms with van der Waals surface area (Å²) in [4.78, 5) is 2.25. The number of aliphatic hydroxyl groups is 1. The van der Waals surface area contributed by atoms with Gasteiger partial charge in [-0.1, -0.05) is 12.1 Å². The molecule has 3 N–H and O–H groups in total. The molecular weight excluding hydrogens is 176 g/mol. The first-order valence-electron chi connectivity index (χ1n) is 5.01. The second-order valence-corrected chi connectivity index (χ2v) is 3.84. The fourth-order valence-electron chi connectivity index (χ4n) is 1.98. The van der Waals surface area contributed by atoms with E-state index < -0.39 is 0 Å². The molecule has 1 unspecified atom stereocenters. The molecule has 1 fully saturated rings. The molecule has 1 aromatic rings. The molecule has 3 heteroatoms. The molecule has 0 spiro atoms. The Labute approximate surface area is 84.1 Å². The maximum absolute atomic E-state index is 9.04. The van der Waals surface area contributed by atoms with Gasteiger partial charge in [-0.05, 0) is 18.6 Å². The van der Waals surface area contributed by atoms with Gasteiger partial charge in [0.15, 0.2) is 0 Å². The van der Waals surface area contributed by atoms with E-state index in [2.05, 4.69) is 4.90 Å². The smallest absolute Gasteiger partial charge is 0.0600 e. The Hall–Kier alpha value is -1.22. The zero-order valence-electron chi connectivity index (χ0n) is 8.19. The quantitative estimate of drug-likeness (QED) is 0.689. The van der Waals surface area contributed by atoms with Crippen LogP contribution in [-0.2, 0) is 0 Å². The molecular formula is C11H16N2O. The van der Waals surface area contributed by atoms with Crippen LogP contribution in [0.15, 0.2) is 24.3 Å².